The minimum atomic E-state index is -0.815. The Bertz CT molecular complexity index is 1090. The molecule has 1 aromatic carbocycles. The van der Waals surface area contributed by atoms with E-state index in [4.69, 9.17) is 5.73 Å². The van der Waals surface area contributed by atoms with Crippen LogP contribution in [0.2, 0.25) is 0 Å². The molecule has 0 unspecified atom stereocenters. The highest BCUT2D eigenvalue weighted by molar-refractivity contribution is 7.99. The van der Waals surface area contributed by atoms with Crippen molar-refractivity contribution in [2.45, 2.75) is 35.7 Å². The minimum Gasteiger partial charge on any atom is -0.365 e. The molecule has 1 amide bonds. The van der Waals surface area contributed by atoms with Crippen molar-refractivity contribution < 1.29 is 9.18 Å². The SMILES string of the molecule is Cc1ccc(Sc2nc3c(cc2F)c(=O)c(C(N)=O)cn3C2CC2)cc1. The van der Waals surface area contributed by atoms with E-state index in [2.05, 4.69) is 4.98 Å². The molecule has 7 heteroatoms. The highest BCUT2D eigenvalue weighted by Gasteiger charge is 2.27. The number of primary amides is 1. The van der Waals surface area contributed by atoms with Crippen LogP contribution in [-0.2, 0) is 0 Å². The number of aromatic nitrogens is 2. The van der Waals surface area contributed by atoms with Crippen LogP contribution in [0.1, 0.15) is 34.8 Å². The van der Waals surface area contributed by atoms with Crippen LogP contribution in [-0.4, -0.2) is 15.5 Å². The smallest absolute Gasteiger partial charge is 0.254 e. The quantitative estimate of drug-likeness (QED) is 0.764. The van der Waals surface area contributed by atoms with Gasteiger partial charge in [0.25, 0.3) is 5.91 Å². The van der Waals surface area contributed by atoms with Gasteiger partial charge in [0.1, 0.15) is 16.2 Å². The number of benzene rings is 1. The molecule has 2 aromatic heterocycles. The lowest BCUT2D eigenvalue weighted by atomic mass is 10.2. The van der Waals surface area contributed by atoms with E-state index >= 15 is 0 Å². The van der Waals surface area contributed by atoms with Crippen LogP contribution in [0, 0.1) is 12.7 Å². The number of nitrogens with two attached hydrogens (primary N) is 1. The molecule has 1 saturated carbocycles. The molecule has 2 N–H and O–H groups in total. The number of hydrogen-bond acceptors (Lipinski definition) is 4. The Morgan fingerprint density at radius 2 is 2.00 bits per heavy atom. The van der Waals surface area contributed by atoms with E-state index in [9.17, 15) is 14.0 Å². The third-order valence-corrected chi connectivity index (χ3v) is 5.35. The van der Waals surface area contributed by atoms with Crippen molar-refractivity contribution >= 4 is 28.7 Å². The third kappa shape index (κ3) is 2.99. The van der Waals surface area contributed by atoms with Crippen molar-refractivity contribution in [3.05, 3.63) is 63.7 Å². The van der Waals surface area contributed by atoms with Crippen molar-refractivity contribution in [2.24, 2.45) is 5.73 Å². The maximum absolute atomic E-state index is 14.6. The fourth-order valence-electron chi connectivity index (χ4n) is 2.83. The Kier molecular flexibility index (Phi) is 4.03. The zero-order valence-corrected chi connectivity index (χ0v) is 14.8. The summed E-state index contributed by atoms with van der Waals surface area (Å²) in [6.07, 6.45) is 3.31. The molecule has 1 aliphatic carbocycles. The van der Waals surface area contributed by atoms with Crippen LogP contribution in [0.4, 0.5) is 4.39 Å². The summed E-state index contributed by atoms with van der Waals surface area (Å²) < 4.78 is 16.4. The van der Waals surface area contributed by atoms with Crippen LogP contribution in [0.3, 0.4) is 0 Å². The number of nitrogens with zero attached hydrogens (tertiary/aromatic N) is 2. The fraction of sp³-hybridized carbons (Fsp3) is 0.211. The van der Waals surface area contributed by atoms with E-state index in [0.29, 0.717) is 5.65 Å². The zero-order chi connectivity index (χ0) is 18.4. The average molecular weight is 369 g/mol. The van der Waals surface area contributed by atoms with Gasteiger partial charge in [-0.25, -0.2) is 9.37 Å². The van der Waals surface area contributed by atoms with E-state index in [-0.39, 0.29) is 22.0 Å². The summed E-state index contributed by atoms with van der Waals surface area (Å²) in [5.41, 5.74) is 6.09. The number of hydrogen-bond donors (Lipinski definition) is 1. The number of fused-ring (bicyclic) bond motifs is 1. The first-order valence-corrected chi connectivity index (χ1v) is 9.05. The molecule has 0 radical (unpaired) electrons. The van der Waals surface area contributed by atoms with Crippen molar-refractivity contribution in [3.63, 3.8) is 0 Å². The first-order chi connectivity index (χ1) is 12.4. The molecular formula is C19H16FN3O2S. The molecule has 4 rings (SSSR count). The summed E-state index contributed by atoms with van der Waals surface area (Å²) >= 11 is 1.20. The molecule has 1 aliphatic rings. The molecule has 0 aliphatic heterocycles. The third-order valence-electron chi connectivity index (χ3n) is 4.37. The monoisotopic (exact) mass is 369 g/mol. The molecule has 132 valence electrons. The number of pyridine rings is 2. The predicted octanol–water partition coefficient (Wildman–Crippen LogP) is 3.43. The highest BCUT2D eigenvalue weighted by atomic mass is 32.2. The van der Waals surface area contributed by atoms with Gasteiger partial charge >= 0.3 is 0 Å². The van der Waals surface area contributed by atoms with Crippen LogP contribution >= 0.6 is 11.8 Å². The second-order valence-electron chi connectivity index (χ2n) is 6.44. The average Bonchev–Trinajstić information content (AvgIpc) is 3.43. The van der Waals surface area contributed by atoms with Gasteiger partial charge in [-0.15, -0.1) is 0 Å². The fourth-order valence-corrected chi connectivity index (χ4v) is 3.61. The molecule has 0 saturated heterocycles. The summed E-state index contributed by atoms with van der Waals surface area (Å²) in [6.45, 7) is 1.98. The Morgan fingerprint density at radius 1 is 1.31 bits per heavy atom. The van der Waals surface area contributed by atoms with Crippen LogP contribution < -0.4 is 11.2 Å². The molecular weight excluding hydrogens is 353 g/mol. The molecule has 0 spiro atoms. The molecule has 2 heterocycles. The summed E-state index contributed by atoms with van der Waals surface area (Å²) in [6, 6.07) is 9.00. The zero-order valence-electron chi connectivity index (χ0n) is 14.0. The van der Waals surface area contributed by atoms with Crippen molar-refractivity contribution in [1.82, 2.24) is 9.55 Å². The summed E-state index contributed by atoms with van der Waals surface area (Å²) in [5, 5.41) is 0.279. The van der Waals surface area contributed by atoms with Gasteiger partial charge in [0.15, 0.2) is 5.82 Å². The Morgan fingerprint density at radius 3 is 2.62 bits per heavy atom. The first-order valence-electron chi connectivity index (χ1n) is 8.24. The first kappa shape index (κ1) is 16.8. The molecule has 26 heavy (non-hydrogen) atoms. The van der Waals surface area contributed by atoms with E-state index < -0.39 is 17.2 Å². The lowest BCUT2D eigenvalue weighted by Gasteiger charge is -2.12. The van der Waals surface area contributed by atoms with Gasteiger partial charge in [-0.2, -0.15) is 0 Å². The van der Waals surface area contributed by atoms with E-state index in [1.807, 2.05) is 31.2 Å². The maximum Gasteiger partial charge on any atom is 0.254 e. The molecule has 1 fully saturated rings. The number of halogens is 1. The van der Waals surface area contributed by atoms with Crippen molar-refractivity contribution in [1.29, 1.82) is 0 Å². The number of amides is 1. The normalized spacial score (nSPS) is 13.9. The Labute approximate surface area is 153 Å². The Hall–Kier alpha value is -2.67. The van der Waals surface area contributed by atoms with Gasteiger partial charge in [-0.3, -0.25) is 9.59 Å². The number of carbonyl (C=O) groups excluding carboxylic acids is 1. The Balaban J connectivity index is 1.89. The van der Waals surface area contributed by atoms with Gasteiger partial charge in [-0.1, -0.05) is 29.5 Å². The topological polar surface area (TPSA) is 78.0 Å². The largest absolute Gasteiger partial charge is 0.365 e. The van der Waals surface area contributed by atoms with Crippen LogP contribution in [0.15, 0.2) is 51.2 Å². The van der Waals surface area contributed by atoms with Crippen LogP contribution in [0.5, 0.6) is 0 Å². The number of aryl methyl sites for hydroxylation is 1. The lowest BCUT2D eigenvalue weighted by molar-refractivity contribution is 0.0998. The highest BCUT2D eigenvalue weighted by Crippen LogP contribution is 2.37. The summed E-state index contributed by atoms with van der Waals surface area (Å²) in [7, 11) is 0. The van der Waals surface area contributed by atoms with Gasteiger partial charge in [0.2, 0.25) is 5.43 Å². The van der Waals surface area contributed by atoms with E-state index in [0.717, 1.165) is 29.4 Å². The standard InChI is InChI=1S/C19H16FN3O2S/c1-10-2-6-12(7-3-10)26-19-15(20)8-13-16(24)14(17(21)25)9-23(11-4-5-11)18(13)22-19/h2-3,6-9,11H,4-5H2,1H3,(H2,21,25). The van der Waals surface area contributed by atoms with E-state index in [1.54, 1.807) is 4.57 Å². The molecule has 5 nitrogen and oxygen atoms in total. The second-order valence-corrected chi connectivity index (χ2v) is 7.50. The van der Waals surface area contributed by atoms with E-state index in [1.165, 1.54) is 18.0 Å². The minimum absolute atomic E-state index is 0.0824. The lowest BCUT2D eigenvalue weighted by Crippen LogP contribution is -2.24. The van der Waals surface area contributed by atoms with Gasteiger partial charge in [-0.05, 0) is 38.0 Å². The van der Waals surface area contributed by atoms with Gasteiger partial charge in [0, 0.05) is 17.1 Å². The number of carbonyl (C=O) groups is 1. The van der Waals surface area contributed by atoms with Crippen molar-refractivity contribution in [3.8, 4) is 0 Å². The summed E-state index contributed by atoms with van der Waals surface area (Å²) in [4.78, 5) is 29.3. The molecule has 0 bridgehead atoms. The van der Waals surface area contributed by atoms with Gasteiger partial charge < -0.3 is 10.3 Å². The molecule has 3 aromatic rings. The van der Waals surface area contributed by atoms with Gasteiger partial charge in [0.05, 0.1) is 5.39 Å². The molecule has 0 atom stereocenters. The second kappa shape index (κ2) is 6.25. The number of rotatable bonds is 4. The maximum atomic E-state index is 14.6. The van der Waals surface area contributed by atoms with Crippen LogP contribution in [0.25, 0.3) is 11.0 Å². The summed E-state index contributed by atoms with van der Waals surface area (Å²) in [5.74, 6) is -1.41. The predicted molar refractivity (Wildman–Crippen MR) is 98.1 cm³/mol. The van der Waals surface area contributed by atoms with Crippen molar-refractivity contribution in [2.75, 3.05) is 0 Å².